The number of nitrogens with one attached hydrogen (secondary N) is 1. The number of amides is 1. The molecule has 0 spiro atoms. The third-order valence-corrected chi connectivity index (χ3v) is 2.57. The molecule has 0 saturated carbocycles. The molecule has 0 aromatic carbocycles. The largest absolute Gasteiger partial charge is 0.480 e. The number of nitrogens with zero attached hydrogens (tertiary/aromatic N) is 1. The molecule has 0 aromatic rings. The second kappa shape index (κ2) is 10.8. The lowest BCUT2D eigenvalue weighted by Crippen LogP contribution is -2.41. The molecule has 4 N–H and O–H groups in total. The van der Waals surface area contributed by atoms with Gasteiger partial charge in [-0.15, -0.1) is 0 Å². The van der Waals surface area contributed by atoms with Crippen molar-refractivity contribution in [3.8, 4) is 0 Å². The van der Waals surface area contributed by atoms with E-state index in [-0.39, 0.29) is 19.6 Å². The van der Waals surface area contributed by atoms with Gasteiger partial charge in [-0.2, -0.15) is 11.8 Å². The van der Waals surface area contributed by atoms with Crippen LogP contribution in [0.3, 0.4) is 0 Å². The number of hydrogen-bond donors (Lipinski definition) is 4. The number of rotatable bonds is 10. The van der Waals surface area contributed by atoms with Crippen LogP contribution in [0, 0.1) is 0 Å². The van der Waals surface area contributed by atoms with Crippen LogP contribution in [0.25, 0.3) is 0 Å². The van der Waals surface area contributed by atoms with Crippen LogP contribution >= 0.6 is 11.8 Å². The maximum Gasteiger partial charge on any atom is 0.407 e. The second-order valence-electron chi connectivity index (χ2n) is 3.39. The van der Waals surface area contributed by atoms with E-state index in [4.69, 9.17) is 20.3 Å². The van der Waals surface area contributed by atoms with Crippen molar-refractivity contribution >= 4 is 23.8 Å². The predicted octanol–water partition coefficient (Wildman–Crippen LogP) is 0.321. The molecule has 0 radical (unpaired) electrons. The highest BCUT2D eigenvalue weighted by atomic mass is 32.2. The van der Waals surface area contributed by atoms with Gasteiger partial charge in [-0.05, 0) is 18.4 Å². The summed E-state index contributed by atoms with van der Waals surface area (Å²) >= 11 is 1.48. The van der Waals surface area contributed by atoms with Gasteiger partial charge in [0.25, 0.3) is 0 Å². The number of carboxylic acid groups (broad SMARTS) is 1. The summed E-state index contributed by atoms with van der Waals surface area (Å²) < 4.78 is 4.70. The van der Waals surface area contributed by atoms with Crippen molar-refractivity contribution in [1.82, 2.24) is 10.7 Å². The van der Waals surface area contributed by atoms with Crippen LogP contribution in [0.5, 0.6) is 0 Å². The minimum Gasteiger partial charge on any atom is -0.480 e. The highest BCUT2D eigenvalue weighted by molar-refractivity contribution is 7.98. The molecule has 1 unspecified atom stereocenters. The Hall–Kier alpha value is -1.07. The molecule has 0 bridgehead atoms. The molecule has 0 aliphatic heterocycles. The first-order valence-corrected chi connectivity index (χ1v) is 6.82. The van der Waals surface area contributed by atoms with Crippen LogP contribution in [-0.2, 0) is 14.4 Å². The fourth-order valence-electron chi connectivity index (χ4n) is 1.05. The van der Waals surface area contributed by atoms with Crippen molar-refractivity contribution in [3.05, 3.63) is 0 Å². The van der Waals surface area contributed by atoms with Crippen LogP contribution in [0.15, 0.2) is 0 Å². The average molecular weight is 298 g/mol. The Bertz CT molecular complexity index is 277. The molecule has 0 aliphatic rings. The van der Waals surface area contributed by atoms with Crippen LogP contribution in [0.4, 0.5) is 4.79 Å². The van der Waals surface area contributed by atoms with Crippen molar-refractivity contribution in [2.24, 2.45) is 0 Å². The van der Waals surface area contributed by atoms with E-state index in [2.05, 4.69) is 10.2 Å². The summed E-state index contributed by atoms with van der Waals surface area (Å²) in [5, 5.41) is 27.0. The van der Waals surface area contributed by atoms with Crippen LogP contribution in [0.2, 0.25) is 0 Å². The SMILES string of the molecule is CSCCC(NC(=O)OCCCON(O)O)C(=O)O. The number of carbonyl (C=O) groups excluding carboxylic acids is 1. The Morgan fingerprint density at radius 3 is 2.58 bits per heavy atom. The van der Waals surface area contributed by atoms with Gasteiger partial charge in [0.05, 0.1) is 18.6 Å². The van der Waals surface area contributed by atoms with Gasteiger partial charge in [-0.25, -0.2) is 9.59 Å². The molecule has 1 amide bonds. The number of thioether (sulfide) groups is 1. The molecule has 0 fully saturated rings. The first-order chi connectivity index (χ1) is 8.97. The number of hydrogen-bond acceptors (Lipinski definition) is 8. The van der Waals surface area contributed by atoms with Crippen molar-refractivity contribution < 1.29 is 34.7 Å². The molecule has 0 aliphatic carbocycles. The molecule has 19 heavy (non-hydrogen) atoms. The van der Waals surface area contributed by atoms with Gasteiger partial charge in [0.1, 0.15) is 6.04 Å². The van der Waals surface area contributed by atoms with Gasteiger partial charge >= 0.3 is 12.1 Å². The van der Waals surface area contributed by atoms with Gasteiger partial charge in [-0.3, -0.25) is 15.3 Å². The van der Waals surface area contributed by atoms with Crippen molar-refractivity contribution in [2.75, 3.05) is 25.2 Å². The summed E-state index contributed by atoms with van der Waals surface area (Å²) in [6, 6.07) is -0.985. The van der Waals surface area contributed by atoms with E-state index >= 15 is 0 Å². The molecule has 9 nitrogen and oxygen atoms in total. The summed E-state index contributed by atoms with van der Waals surface area (Å²) in [6.45, 7) is -0.0936. The molecule has 0 heterocycles. The Kier molecular flexibility index (Phi) is 10.2. The summed E-state index contributed by atoms with van der Waals surface area (Å²) in [5.41, 5.74) is 0. The molecule has 1 atom stereocenters. The van der Waals surface area contributed by atoms with E-state index in [1.807, 2.05) is 6.26 Å². The minimum absolute atomic E-state index is 0.0332. The number of carbonyl (C=O) groups is 2. The van der Waals surface area contributed by atoms with E-state index in [9.17, 15) is 9.59 Å². The van der Waals surface area contributed by atoms with E-state index in [1.165, 1.54) is 11.8 Å². The monoisotopic (exact) mass is 298 g/mol. The molecular formula is C9H18N2O7S. The maximum absolute atomic E-state index is 11.3. The Morgan fingerprint density at radius 1 is 1.37 bits per heavy atom. The van der Waals surface area contributed by atoms with Gasteiger partial charge in [0, 0.05) is 6.42 Å². The second-order valence-corrected chi connectivity index (χ2v) is 4.38. The summed E-state index contributed by atoms with van der Waals surface area (Å²) in [5.74, 6) is -0.515. The number of ether oxygens (including phenoxy) is 1. The first kappa shape index (κ1) is 17.9. The summed E-state index contributed by atoms with van der Waals surface area (Å²) in [6.07, 6.45) is 1.54. The normalized spacial score (nSPS) is 12.2. The zero-order chi connectivity index (χ0) is 14.7. The lowest BCUT2D eigenvalue weighted by atomic mass is 10.2. The Morgan fingerprint density at radius 2 is 2.05 bits per heavy atom. The minimum atomic E-state index is -1.12. The maximum atomic E-state index is 11.3. The van der Waals surface area contributed by atoms with Crippen LogP contribution in [-0.4, -0.2) is 64.2 Å². The van der Waals surface area contributed by atoms with Gasteiger partial charge in [0.2, 0.25) is 0 Å². The fourth-order valence-corrected chi connectivity index (χ4v) is 1.52. The Labute approximate surface area is 114 Å². The van der Waals surface area contributed by atoms with Crippen molar-refractivity contribution in [3.63, 3.8) is 0 Å². The topological polar surface area (TPSA) is 129 Å². The standard InChI is InChI=1S/C9H18N2O7S/c1-19-6-3-7(8(12)13)10-9(14)17-4-2-5-18-11(15)16/h7,15-16H,2-6H2,1H3,(H,10,14)(H,12,13). The van der Waals surface area contributed by atoms with Crippen molar-refractivity contribution in [2.45, 2.75) is 18.9 Å². The zero-order valence-corrected chi connectivity index (χ0v) is 11.3. The van der Waals surface area contributed by atoms with Crippen LogP contribution in [0.1, 0.15) is 12.8 Å². The van der Waals surface area contributed by atoms with E-state index in [1.54, 1.807) is 0 Å². The molecule has 0 saturated heterocycles. The fraction of sp³-hybridized carbons (Fsp3) is 0.778. The lowest BCUT2D eigenvalue weighted by molar-refractivity contribution is -0.492. The van der Waals surface area contributed by atoms with Crippen molar-refractivity contribution in [1.29, 1.82) is 0 Å². The number of alkyl carbamates (subject to hydrolysis) is 1. The Balaban J connectivity index is 3.77. The van der Waals surface area contributed by atoms with Gasteiger partial charge in [-0.1, -0.05) is 0 Å². The third kappa shape index (κ3) is 10.5. The van der Waals surface area contributed by atoms with Gasteiger partial charge in [0.15, 0.2) is 0 Å². The van der Waals surface area contributed by atoms with Crippen LogP contribution < -0.4 is 5.32 Å². The smallest absolute Gasteiger partial charge is 0.407 e. The predicted molar refractivity (Wildman–Crippen MR) is 64.9 cm³/mol. The molecule has 10 heteroatoms. The molecule has 0 aromatic heterocycles. The third-order valence-electron chi connectivity index (χ3n) is 1.93. The summed E-state index contributed by atoms with van der Waals surface area (Å²) in [4.78, 5) is 26.3. The quantitative estimate of drug-likeness (QED) is 0.333. The molecule has 112 valence electrons. The van der Waals surface area contributed by atoms with E-state index < -0.39 is 23.5 Å². The molecular weight excluding hydrogens is 280 g/mol. The first-order valence-electron chi connectivity index (χ1n) is 5.43. The highest BCUT2D eigenvalue weighted by Gasteiger charge is 2.19. The van der Waals surface area contributed by atoms with E-state index in [0.29, 0.717) is 12.2 Å². The van der Waals surface area contributed by atoms with E-state index in [0.717, 1.165) is 0 Å². The van der Waals surface area contributed by atoms with Gasteiger partial charge < -0.3 is 15.2 Å². The number of carboxylic acids is 1. The average Bonchev–Trinajstić information content (AvgIpc) is 2.33. The number of aliphatic carboxylic acids is 1. The molecule has 0 rings (SSSR count). The summed E-state index contributed by atoms with van der Waals surface area (Å²) in [7, 11) is 0. The highest BCUT2D eigenvalue weighted by Crippen LogP contribution is 2.01. The zero-order valence-electron chi connectivity index (χ0n) is 10.4. The lowest BCUT2D eigenvalue weighted by Gasteiger charge is -2.14.